The highest BCUT2D eigenvalue weighted by molar-refractivity contribution is 7.99. The standard InChI is InChI=1S/C22H23F3N4O3S/c1-4-29-20(14(2)32-18-11-9-17(31-3)10-12-18)27-28-21(29)33-13-19(30)26-16-7-5-15(6-8-16)22(23,24)25/h5-12,14H,4,13H2,1-3H3,(H,26,30). The number of hydrogen-bond acceptors (Lipinski definition) is 6. The predicted molar refractivity (Wildman–Crippen MR) is 119 cm³/mol. The van der Waals surface area contributed by atoms with Crippen LogP contribution < -0.4 is 14.8 Å². The predicted octanol–water partition coefficient (Wildman–Crippen LogP) is 5.20. The van der Waals surface area contributed by atoms with Crippen molar-refractivity contribution in [2.45, 2.75) is 37.8 Å². The van der Waals surface area contributed by atoms with Crippen LogP contribution in [0.25, 0.3) is 0 Å². The lowest BCUT2D eigenvalue weighted by Crippen LogP contribution is -2.15. The summed E-state index contributed by atoms with van der Waals surface area (Å²) in [6.45, 7) is 4.35. The van der Waals surface area contributed by atoms with Gasteiger partial charge >= 0.3 is 6.18 Å². The summed E-state index contributed by atoms with van der Waals surface area (Å²) in [7, 11) is 1.59. The molecule has 0 radical (unpaired) electrons. The smallest absolute Gasteiger partial charge is 0.416 e. The number of thioether (sulfide) groups is 1. The van der Waals surface area contributed by atoms with E-state index in [0.717, 1.165) is 17.9 Å². The Morgan fingerprint density at radius 3 is 2.30 bits per heavy atom. The summed E-state index contributed by atoms with van der Waals surface area (Å²) in [4.78, 5) is 12.3. The minimum atomic E-state index is -4.42. The number of nitrogens with zero attached hydrogens (tertiary/aromatic N) is 3. The normalized spacial score (nSPS) is 12.3. The first kappa shape index (κ1) is 24.4. The Morgan fingerprint density at radius 2 is 1.73 bits per heavy atom. The molecule has 0 aliphatic rings. The van der Waals surface area contributed by atoms with E-state index in [0.29, 0.717) is 23.3 Å². The molecule has 0 saturated heterocycles. The van der Waals surface area contributed by atoms with Crippen molar-refractivity contribution in [2.75, 3.05) is 18.2 Å². The second-order valence-electron chi connectivity index (χ2n) is 6.93. The molecule has 1 N–H and O–H groups in total. The molecule has 2 aromatic carbocycles. The topological polar surface area (TPSA) is 78.3 Å². The Hall–Kier alpha value is -3.21. The summed E-state index contributed by atoms with van der Waals surface area (Å²) < 4.78 is 50.9. The van der Waals surface area contributed by atoms with Crippen molar-refractivity contribution in [1.82, 2.24) is 14.8 Å². The number of benzene rings is 2. The quantitative estimate of drug-likeness (QED) is 0.425. The van der Waals surface area contributed by atoms with Gasteiger partial charge in [0.05, 0.1) is 18.4 Å². The maximum absolute atomic E-state index is 12.7. The molecular weight excluding hydrogens is 457 g/mol. The molecule has 7 nitrogen and oxygen atoms in total. The minimum absolute atomic E-state index is 0.0207. The SMILES string of the molecule is CCn1c(SCC(=O)Nc2ccc(C(F)(F)F)cc2)nnc1C(C)Oc1ccc(OC)cc1. The molecule has 0 aliphatic heterocycles. The Labute approximate surface area is 193 Å². The van der Waals surface area contributed by atoms with E-state index in [1.54, 1.807) is 31.4 Å². The van der Waals surface area contributed by atoms with Crippen LogP contribution >= 0.6 is 11.8 Å². The van der Waals surface area contributed by atoms with Crippen LogP contribution in [0.1, 0.15) is 31.3 Å². The zero-order valence-electron chi connectivity index (χ0n) is 18.2. The van der Waals surface area contributed by atoms with Crippen LogP contribution in [0.5, 0.6) is 11.5 Å². The number of aromatic nitrogens is 3. The third-order valence-electron chi connectivity index (χ3n) is 4.63. The Kier molecular flexibility index (Phi) is 7.85. The second kappa shape index (κ2) is 10.6. The fourth-order valence-corrected chi connectivity index (χ4v) is 3.79. The number of alkyl halides is 3. The van der Waals surface area contributed by atoms with E-state index in [2.05, 4.69) is 15.5 Å². The van der Waals surface area contributed by atoms with Gasteiger partial charge in [-0.25, -0.2) is 0 Å². The van der Waals surface area contributed by atoms with Gasteiger partial charge in [0.15, 0.2) is 17.1 Å². The molecule has 3 rings (SSSR count). The van der Waals surface area contributed by atoms with E-state index >= 15 is 0 Å². The van der Waals surface area contributed by atoms with E-state index in [9.17, 15) is 18.0 Å². The van der Waals surface area contributed by atoms with Crippen molar-refractivity contribution in [1.29, 1.82) is 0 Å². The third kappa shape index (κ3) is 6.41. The van der Waals surface area contributed by atoms with Crippen molar-refractivity contribution < 1.29 is 27.4 Å². The van der Waals surface area contributed by atoms with Gasteiger partial charge in [-0.3, -0.25) is 4.79 Å². The summed E-state index contributed by atoms with van der Waals surface area (Å²) in [6.07, 6.45) is -4.81. The summed E-state index contributed by atoms with van der Waals surface area (Å²) >= 11 is 1.18. The lowest BCUT2D eigenvalue weighted by Gasteiger charge is -2.16. The molecule has 11 heteroatoms. The largest absolute Gasteiger partial charge is 0.497 e. The second-order valence-corrected chi connectivity index (χ2v) is 7.88. The molecule has 33 heavy (non-hydrogen) atoms. The van der Waals surface area contributed by atoms with E-state index < -0.39 is 11.7 Å². The van der Waals surface area contributed by atoms with Gasteiger partial charge in [-0.05, 0) is 62.4 Å². The maximum atomic E-state index is 12.7. The summed E-state index contributed by atoms with van der Waals surface area (Å²) in [5, 5.41) is 11.5. The first-order valence-electron chi connectivity index (χ1n) is 10.0. The number of anilines is 1. The van der Waals surface area contributed by atoms with Gasteiger partial charge in [0.1, 0.15) is 11.5 Å². The molecule has 1 unspecified atom stereocenters. The van der Waals surface area contributed by atoms with E-state index in [-0.39, 0.29) is 23.5 Å². The van der Waals surface area contributed by atoms with Crippen LogP contribution in [0.3, 0.4) is 0 Å². The minimum Gasteiger partial charge on any atom is -0.497 e. The van der Waals surface area contributed by atoms with Crippen LogP contribution in [0.15, 0.2) is 53.7 Å². The molecule has 1 atom stereocenters. The molecule has 0 aliphatic carbocycles. The van der Waals surface area contributed by atoms with Gasteiger partial charge in [-0.2, -0.15) is 13.2 Å². The molecular formula is C22H23F3N4O3S. The number of ether oxygens (including phenoxy) is 2. The van der Waals surface area contributed by atoms with Crippen molar-refractivity contribution in [3.05, 3.63) is 59.9 Å². The average Bonchev–Trinajstić information content (AvgIpc) is 3.21. The first-order chi connectivity index (χ1) is 15.7. The van der Waals surface area contributed by atoms with Gasteiger partial charge in [-0.1, -0.05) is 11.8 Å². The van der Waals surface area contributed by atoms with E-state index in [1.165, 1.54) is 23.9 Å². The van der Waals surface area contributed by atoms with Gasteiger partial charge in [0.2, 0.25) is 5.91 Å². The van der Waals surface area contributed by atoms with Gasteiger partial charge in [-0.15, -0.1) is 10.2 Å². The molecule has 0 spiro atoms. The van der Waals surface area contributed by atoms with Gasteiger partial charge < -0.3 is 19.4 Å². The monoisotopic (exact) mass is 480 g/mol. The van der Waals surface area contributed by atoms with Gasteiger partial charge in [0.25, 0.3) is 0 Å². The van der Waals surface area contributed by atoms with Crippen LogP contribution in [0, 0.1) is 0 Å². The van der Waals surface area contributed by atoms with Crippen LogP contribution in [0.2, 0.25) is 0 Å². The summed E-state index contributed by atoms with van der Waals surface area (Å²) in [6, 6.07) is 11.5. The highest BCUT2D eigenvalue weighted by atomic mass is 32.2. The number of carbonyl (C=O) groups excluding carboxylic acids is 1. The molecule has 1 amide bonds. The molecule has 1 heterocycles. The number of methoxy groups -OCH3 is 1. The van der Waals surface area contributed by atoms with Crippen molar-refractivity contribution in [3.8, 4) is 11.5 Å². The lowest BCUT2D eigenvalue weighted by atomic mass is 10.2. The molecule has 1 aromatic heterocycles. The first-order valence-corrected chi connectivity index (χ1v) is 11.0. The fraction of sp³-hybridized carbons (Fsp3) is 0.318. The molecule has 0 fully saturated rings. The lowest BCUT2D eigenvalue weighted by molar-refractivity contribution is -0.137. The maximum Gasteiger partial charge on any atom is 0.416 e. The zero-order valence-corrected chi connectivity index (χ0v) is 19.0. The number of amides is 1. The van der Waals surface area contributed by atoms with Gasteiger partial charge in [0, 0.05) is 12.2 Å². The Bertz CT molecular complexity index is 1070. The van der Waals surface area contributed by atoms with Crippen molar-refractivity contribution >= 4 is 23.4 Å². The van der Waals surface area contributed by atoms with Crippen LogP contribution in [-0.4, -0.2) is 33.5 Å². The molecule has 3 aromatic rings. The van der Waals surface area contributed by atoms with Crippen LogP contribution in [-0.2, 0) is 17.5 Å². The average molecular weight is 481 g/mol. The number of nitrogens with one attached hydrogen (secondary N) is 1. The molecule has 0 saturated carbocycles. The zero-order chi connectivity index (χ0) is 24.0. The van der Waals surface area contributed by atoms with Crippen molar-refractivity contribution in [2.24, 2.45) is 0 Å². The van der Waals surface area contributed by atoms with Crippen molar-refractivity contribution in [3.63, 3.8) is 0 Å². The van der Waals surface area contributed by atoms with E-state index in [1.807, 2.05) is 18.4 Å². The highest BCUT2D eigenvalue weighted by Crippen LogP contribution is 2.30. The molecule has 0 bridgehead atoms. The number of halogens is 3. The van der Waals surface area contributed by atoms with Crippen LogP contribution in [0.4, 0.5) is 18.9 Å². The number of carbonyl (C=O) groups is 1. The third-order valence-corrected chi connectivity index (χ3v) is 5.59. The van der Waals surface area contributed by atoms with E-state index in [4.69, 9.17) is 9.47 Å². The number of rotatable bonds is 9. The number of hydrogen-bond donors (Lipinski definition) is 1. The Balaban J connectivity index is 1.59. The fourth-order valence-electron chi connectivity index (χ4n) is 2.99. The highest BCUT2D eigenvalue weighted by Gasteiger charge is 2.30. The molecule has 176 valence electrons. The summed E-state index contributed by atoms with van der Waals surface area (Å²) in [5.74, 6) is 1.64. The Morgan fingerprint density at radius 1 is 1.09 bits per heavy atom. The summed E-state index contributed by atoms with van der Waals surface area (Å²) in [5.41, 5.74) is -0.489.